The first-order chi connectivity index (χ1) is 9.97. The predicted molar refractivity (Wildman–Crippen MR) is 84.1 cm³/mol. The van der Waals surface area contributed by atoms with Gasteiger partial charge in [0.15, 0.2) is 0 Å². The Morgan fingerprint density at radius 3 is 2.90 bits per heavy atom. The van der Waals surface area contributed by atoms with Crippen LogP contribution in [0, 0.1) is 11.3 Å². The summed E-state index contributed by atoms with van der Waals surface area (Å²) < 4.78 is 28.6. The van der Waals surface area contributed by atoms with Gasteiger partial charge in [-0.1, -0.05) is 23.8 Å². The van der Waals surface area contributed by atoms with Gasteiger partial charge in [-0.25, -0.2) is 13.1 Å². The summed E-state index contributed by atoms with van der Waals surface area (Å²) >= 11 is 6.89. The van der Waals surface area contributed by atoms with Crippen molar-refractivity contribution in [3.8, 4) is 0 Å². The van der Waals surface area contributed by atoms with Gasteiger partial charge in [-0.05, 0) is 43.7 Å². The van der Waals surface area contributed by atoms with E-state index in [2.05, 4.69) is 16.9 Å². The Balaban J connectivity index is 1.90. The van der Waals surface area contributed by atoms with Crippen molar-refractivity contribution in [2.45, 2.75) is 35.9 Å². The molecule has 0 radical (unpaired) electrons. The zero-order valence-electron chi connectivity index (χ0n) is 11.5. The van der Waals surface area contributed by atoms with Gasteiger partial charge < -0.3 is 5.11 Å². The molecule has 1 aromatic rings. The molecule has 1 aromatic heterocycles. The van der Waals surface area contributed by atoms with Gasteiger partial charge >= 0.3 is 0 Å². The SMILES string of the molecule is O=S(=O)(N[C@H]1C2CC=CC[C@]1(CO)CC2)c1ccc(Cl)s1. The standard InChI is InChI=1S/C14H18ClNO3S2/c15-11-4-5-12(20-11)21(18,19)16-13-10-3-1-2-7-14(13,9-17)8-6-10/h1-2,4-5,10,13,16-17H,3,6-9H2/t10?,13-,14+/m0/s1. The molecule has 2 aliphatic rings. The molecule has 0 saturated heterocycles. The average molecular weight is 348 g/mol. The highest BCUT2D eigenvalue weighted by atomic mass is 35.5. The molecule has 0 amide bonds. The molecule has 1 fully saturated rings. The number of sulfonamides is 1. The Kier molecular flexibility index (Phi) is 4.18. The van der Waals surface area contributed by atoms with E-state index < -0.39 is 10.0 Å². The lowest BCUT2D eigenvalue weighted by molar-refractivity contribution is 0.105. The summed E-state index contributed by atoms with van der Waals surface area (Å²) in [5.74, 6) is 0.251. The maximum atomic E-state index is 12.5. The van der Waals surface area contributed by atoms with Crippen LogP contribution in [0.15, 0.2) is 28.5 Å². The predicted octanol–water partition coefficient (Wildman–Crippen LogP) is 2.79. The number of thiophene rings is 1. The minimum atomic E-state index is -3.58. The molecule has 1 unspecified atom stereocenters. The van der Waals surface area contributed by atoms with Crippen LogP contribution in [-0.2, 0) is 10.0 Å². The maximum absolute atomic E-state index is 12.5. The van der Waals surface area contributed by atoms with Crippen LogP contribution in [0.4, 0.5) is 0 Å². The van der Waals surface area contributed by atoms with Crippen molar-refractivity contribution in [1.29, 1.82) is 0 Å². The van der Waals surface area contributed by atoms with E-state index in [-0.39, 0.29) is 28.2 Å². The molecule has 1 heterocycles. The number of allylic oxidation sites excluding steroid dienone is 2. The third kappa shape index (κ3) is 2.80. The third-order valence-corrected chi connectivity index (χ3v) is 7.85. The van der Waals surface area contributed by atoms with Gasteiger partial charge in [-0.2, -0.15) is 0 Å². The van der Waals surface area contributed by atoms with E-state index in [1.54, 1.807) is 6.07 Å². The number of fused-ring (bicyclic) bond motifs is 2. The van der Waals surface area contributed by atoms with Crippen molar-refractivity contribution in [1.82, 2.24) is 4.72 Å². The topological polar surface area (TPSA) is 66.4 Å². The number of nitrogens with one attached hydrogen (secondary N) is 1. The lowest BCUT2D eigenvalue weighted by Crippen LogP contribution is -2.48. The van der Waals surface area contributed by atoms with E-state index in [1.165, 1.54) is 6.07 Å². The second-order valence-electron chi connectivity index (χ2n) is 5.89. The molecule has 116 valence electrons. The molecule has 3 rings (SSSR count). The second kappa shape index (κ2) is 5.66. The number of rotatable bonds is 4. The Morgan fingerprint density at radius 2 is 2.24 bits per heavy atom. The summed E-state index contributed by atoms with van der Waals surface area (Å²) in [6, 6.07) is 2.90. The van der Waals surface area contributed by atoms with Crippen LogP contribution in [0.25, 0.3) is 0 Å². The van der Waals surface area contributed by atoms with E-state index in [9.17, 15) is 13.5 Å². The Morgan fingerprint density at radius 1 is 1.43 bits per heavy atom. The molecule has 4 nitrogen and oxygen atoms in total. The molecule has 1 saturated carbocycles. The normalized spacial score (nSPS) is 32.3. The molecular formula is C14H18ClNO3S2. The number of hydrogen-bond donors (Lipinski definition) is 2. The largest absolute Gasteiger partial charge is 0.396 e. The number of aliphatic hydroxyl groups is 1. The van der Waals surface area contributed by atoms with Gasteiger partial charge in [0, 0.05) is 11.5 Å². The van der Waals surface area contributed by atoms with Crippen LogP contribution >= 0.6 is 22.9 Å². The summed E-state index contributed by atoms with van der Waals surface area (Å²) in [6.45, 7) is 0.00617. The second-order valence-corrected chi connectivity index (χ2v) is 9.54. The summed E-state index contributed by atoms with van der Waals surface area (Å²) in [5, 5.41) is 9.85. The lowest BCUT2D eigenvalue weighted by Gasteiger charge is -2.34. The zero-order valence-corrected chi connectivity index (χ0v) is 13.8. The molecule has 0 aliphatic heterocycles. The highest BCUT2D eigenvalue weighted by Gasteiger charge is 2.49. The fourth-order valence-corrected chi connectivity index (χ4v) is 6.40. The molecule has 0 aromatic carbocycles. The fraction of sp³-hybridized carbons (Fsp3) is 0.571. The van der Waals surface area contributed by atoms with E-state index in [4.69, 9.17) is 11.6 Å². The van der Waals surface area contributed by atoms with Crippen LogP contribution in [0.2, 0.25) is 4.34 Å². The Labute approximate surface area is 133 Å². The monoisotopic (exact) mass is 347 g/mol. The number of halogens is 1. The summed E-state index contributed by atoms with van der Waals surface area (Å²) in [6.07, 6.45) is 7.56. The average Bonchev–Trinajstić information content (AvgIpc) is 2.94. The minimum absolute atomic E-state index is 0.00617. The van der Waals surface area contributed by atoms with Crippen LogP contribution in [-0.4, -0.2) is 26.2 Å². The minimum Gasteiger partial charge on any atom is -0.396 e. The van der Waals surface area contributed by atoms with Crippen LogP contribution in [0.1, 0.15) is 25.7 Å². The van der Waals surface area contributed by atoms with Gasteiger partial charge in [0.1, 0.15) is 4.21 Å². The molecule has 2 bridgehead atoms. The molecule has 21 heavy (non-hydrogen) atoms. The van der Waals surface area contributed by atoms with Crippen molar-refractivity contribution in [3.05, 3.63) is 28.6 Å². The molecule has 0 spiro atoms. The van der Waals surface area contributed by atoms with E-state index in [1.807, 2.05) is 0 Å². The Bertz CT molecular complexity index is 655. The van der Waals surface area contributed by atoms with Crippen molar-refractivity contribution in [2.75, 3.05) is 6.61 Å². The van der Waals surface area contributed by atoms with E-state index in [0.717, 1.165) is 37.0 Å². The third-order valence-electron chi connectivity index (χ3n) is 4.68. The first-order valence-corrected chi connectivity index (χ1v) is 9.68. The van der Waals surface area contributed by atoms with Crippen LogP contribution in [0.3, 0.4) is 0 Å². The number of aliphatic hydroxyl groups excluding tert-OH is 1. The summed E-state index contributed by atoms with van der Waals surface area (Å²) in [5.41, 5.74) is -0.369. The van der Waals surface area contributed by atoms with Gasteiger partial charge in [-0.3, -0.25) is 0 Å². The molecule has 2 aliphatic carbocycles. The van der Waals surface area contributed by atoms with Gasteiger partial charge in [0.25, 0.3) is 0 Å². The molecule has 3 atom stereocenters. The Hall–Kier alpha value is -0.400. The first kappa shape index (κ1) is 15.5. The van der Waals surface area contributed by atoms with Crippen molar-refractivity contribution < 1.29 is 13.5 Å². The van der Waals surface area contributed by atoms with Crippen molar-refractivity contribution >= 4 is 33.0 Å². The van der Waals surface area contributed by atoms with Crippen molar-refractivity contribution in [2.24, 2.45) is 11.3 Å². The van der Waals surface area contributed by atoms with Gasteiger partial charge in [0.2, 0.25) is 10.0 Å². The molecular weight excluding hydrogens is 330 g/mol. The fourth-order valence-electron chi connectivity index (χ4n) is 3.50. The maximum Gasteiger partial charge on any atom is 0.250 e. The van der Waals surface area contributed by atoms with Gasteiger partial charge in [-0.15, -0.1) is 11.3 Å². The van der Waals surface area contributed by atoms with Crippen molar-refractivity contribution in [3.63, 3.8) is 0 Å². The van der Waals surface area contributed by atoms with E-state index in [0.29, 0.717) is 4.34 Å². The highest BCUT2D eigenvalue weighted by molar-refractivity contribution is 7.91. The smallest absolute Gasteiger partial charge is 0.250 e. The lowest BCUT2D eigenvalue weighted by atomic mass is 9.80. The van der Waals surface area contributed by atoms with Gasteiger partial charge in [0.05, 0.1) is 10.9 Å². The van der Waals surface area contributed by atoms with Crippen LogP contribution < -0.4 is 4.72 Å². The zero-order chi connectivity index (χ0) is 15.1. The first-order valence-electron chi connectivity index (χ1n) is 7.00. The summed E-state index contributed by atoms with van der Waals surface area (Å²) in [4.78, 5) is 0. The molecule has 7 heteroatoms. The number of hydrogen-bond acceptors (Lipinski definition) is 4. The summed E-state index contributed by atoms with van der Waals surface area (Å²) in [7, 11) is -3.58. The highest BCUT2D eigenvalue weighted by Crippen LogP contribution is 2.48. The molecule has 2 N–H and O–H groups in total. The quantitative estimate of drug-likeness (QED) is 0.823. The van der Waals surface area contributed by atoms with E-state index >= 15 is 0 Å². The van der Waals surface area contributed by atoms with Crippen LogP contribution in [0.5, 0.6) is 0 Å².